The highest BCUT2D eigenvalue weighted by Crippen LogP contribution is 2.51. The molecule has 1 heterocycles. The van der Waals surface area contributed by atoms with E-state index in [1.165, 1.54) is 24.3 Å². The lowest BCUT2D eigenvalue weighted by Crippen LogP contribution is -2.28. The van der Waals surface area contributed by atoms with Gasteiger partial charge in [0.2, 0.25) is 0 Å². The summed E-state index contributed by atoms with van der Waals surface area (Å²) in [6, 6.07) is 15.7. The molecule has 0 aromatic heterocycles. The lowest BCUT2D eigenvalue weighted by molar-refractivity contribution is 0.479. The zero-order chi connectivity index (χ0) is 47.2. The van der Waals surface area contributed by atoms with Crippen molar-refractivity contribution in [2.75, 3.05) is 34.8 Å². The van der Waals surface area contributed by atoms with Crippen LogP contribution in [0.4, 0.5) is 11.4 Å². The maximum absolute atomic E-state index is 12.0. The summed E-state index contributed by atoms with van der Waals surface area (Å²) in [5.74, 6) is -0.890. The van der Waals surface area contributed by atoms with Gasteiger partial charge in [-0.05, 0) is 124 Å². The van der Waals surface area contributed by atoms with Crippen molar-refractivity contribution in [3.05, 3.63) is 130 Å². The summed E-state index contributed by atoms with van der Waals surface area (Å²) in [5.41, 5.74) is 4.73. The summed E-state index contributed by atoms with van der Waals surface area (Å²) in [6.07, 6.45) is 10.0. The summed E-state index contributed by atoms with van der Waals surface area (Å²) >= 11 is 7.15. The summed E-state index contributed by atoms with van der Waals surface area (Å²) in [6.45, 7) is 12.8. The Hall–Kier alpha value is -4.37. The van der Waals surface area contributed by atoms with Gasteiger partial charge in [-0.25, -0.2) is 0 Å². The highest BCUT2D eigenvalue weighted by atomic mass is 35.5. The molecule has 0 amide bonds. The number of nitrogens with zero attached hydrogens (tertiary/aromatic N) is 1. The van der Waals surface area contributed by atoms with Crippen LogP contribution in [0.15, 0.2) is 129 Å². The minimum atomic E-state index is -4.49. The lowest BCUT2D eigenvalue weighted by atomic mass is 9.75. The second-order valence-electron chi connectivity index (χ2n) is 17.1. The molecule has 0 radical (unpaired) electrons. The minimum absolute atomic E-state index is 0.117. The van der Waals surface area contributed by atoms with Gasteiger partial charge in [0, 0.05) is 46.0 Å². The number of rotatable bonds is 16. The molecule has 0 bridgehead atoms. The van der Waals surface area contributed by atoms with Gasteiger partial charge in [-0.2, -0.15) is 33.7 Å². The number of halogens is 1. The molecule has 14 nitrogen and oxygen atoms in total. The van der Waals surface area contributed by atoms with Crippen LogP contribution in [0.3, 0.4) is 0 Å². The molecule has 1 aliphatic carbocycles. The lowest BCUT2D eigenvalue weighted by Gasteiger charge is -2.31. The van der Waals surface area contributed by atoms with E-state index in [0.29, 0.717) is 45.3 Å². The van der Waals surface area contributed by atoms with E-state index in [2.05, 4.69) is 11.9 Å². The molecule has 0 fully saturated rings. The first-order chi connectivity index (χ1) is 29.6. The molecule has 4 aromatic rings. The van der Waals surface area contributed by atoms with Crippen LogP contribution in [0.25, 0.3) is 21.5 Å². The standard InChI is InChI=1S/C45H51ClN2O12S4/c1-29(44(2,3)41-36-18-16-34(63(55,56)57)27-32(36)13-20-38(41)47-23-7-25-61(49,50)51)11-12-30-9-6-10-31(43(30)46)15-22-40-45(4,5)42-37-19-17-35(64(58,59)60)28-33(37)14-21-39(42)48(40)24-8-26-62(52,53)54/h11-22,27-28,47H,1,6-10,23-26H2,2-5H3,(H,49,50,51)(H,52,53,54)(H,55,56,57)(H,58,59,60)/b12-11+,31-15+,40-22+. The maximum atomic E-state index is 12.0. The van der Waals surface area contributed by atoms with E-state index < -0.39 is 62.8 Å². The Labute approximate surface area is 380 Å². The fraction of sp³-hybridized carbons (Fsp3) is 0.333. The smallest absolute Gasteiger partial charge is 0.294 e. The summed E-state index contributed by atoms with van der Waals surface area (Å²) < 4.78 is 132. The van der Waals surface area contributed by atoms with Crippen molar-refractivity contribution in [1.29, 1.82) is 0 Å². The summed E-state index contributed by atoms with van der Waals surface area (Å²) in [5, 5.41) is 6.35. The van der Waals surface area contributed by atoms with Crippen molar-refractivity contribution in [2.45, 2.75) is 80.4 Å². The van der Waals surface area contributed by atoms with Gasteiger partial charge in [0.05, 0.1) is 21.3 Å². The molecular weight excluding hydrogens is 924 g/mol. The van der Waals surface area contributed by atoms with Gasteiger partial charge in [-0.1, -0.05) is 88.4 Å². The molecule has 0 unspecified atom stereocenters. The molecule has 0 spiro atoms. The van der Waals surface area contributed by atoms with E-state index in [4.69, 9.17) is 11.6 Å². The quantitative estimate of drug-likeness (QED) is 0.0400. The largest absolute Gasteiger partial charge is 0.385 e. The Kier molecular flexibility index (Phi) is 13.9. The fourth-order valence-electron chi connectivity index (χ4n) is 8.60. The van der Waals surface area contributed by atoms with Crippen LogP contribution in [0.2, 0.25) is 0 Å². The molecule has 344 valence electrons. The van der Waals surface area contributed by atoms with E-state index >= 15 is 0 Å². The van der Waals surface area contributed by atoms with Crippen molar-refractivity contribution in [3.63, 3.8) is 0 Å². The zero-order valence-electron chi connectivity index (χ0n) is 35.7. The van der Waals surface area contributed by atoms with Gasteiger partial charge in [0.1, 0.15) is 0 Å². The Bertz CT molecular complexity index is 3150. The number of nitrogens with one attached hydrogen (secondary N) is 1. The summed E-state index contributed by atoms with van der Waals surface area (Å²) in [7, 11) is -17.3. The van der Waals surface area contributed by atoms with Gasteiger partial charge in [-0.15, -0.1) is 0 Å². The SMILES string of the molecule is C=C(/C=C/C1=C(Cl)C(=C/C=C2/N(CCCS(=O)(=O)O)c3ccc4cc(S(=O)(=O)O)ccc4c3C2(C)C)/CCC1)C(C)(C)c1c(NCCCS(=O)(=O)O)ccc2cc(S(=O)(=O)O)ccc12. The van der Waals surface area contributed by atoms with Crippen LogP contribution in [0.1, 0.15) is 70.9 Å². The third-order valence-electron chi connectivity index (χ3n) is 11.9. The van der Waals surface area contributed by atoms with Gasteiger partial charge < -0.3 is 10.2 Å². The number of benzene rings is 4. The number of allylic oxidation sites excluding steroid dienone is 9. The molecular formula is C45H51ClN2O12S4. The number of anilines is 2. The fourth-order valence-corrected chi connectivity index (χ4v) is 11.0. The van der Waals surface area contributed by atoms with E-state index in [-0.39, 0.29) is 35.7 Å². The average molecular weight is 976 g/mol. The van der Waals surface area contributed by atoms with Gasteiger partial charge in [0.25, 0.3) is 40.5 Å². The molecule has 0 saturated carbocycles. The molecule has 2 aliphatic rings. The number of hydrogen-bond acceptors (Lipinski definition) is 10. The van der Waals surface area contributed by atoms with Gasteiger partial charge in [0.15, 0.2) is 0 Å². The topological polar surface area (TPSA) is 233 Å². The Morgan fingerprint density at radius 3 is 1.98 bits per heavy atom. The first-order valence-corrected chi connectivity index (χ1v) is 26.8. The average Bonchev–Trinajstić information content (AvgIpc) is 3.40. The highest BCUT2D eigenvalue weighted by molar-refractivity contribution is 7.86. The predicted octanol–water partition coefficient (Wildman–Crippen LogP) is 9.13. The molecule has 4 aromatic carbocycles. The summed E-state index contributed by atoms with van der Waals surface area (Å²) in [4.78, 5) is 1.48. The van der Waals surface area contributed by atoms with Crippen LogP contribution in [0.5, 0.6) is 0 Å². The Morgan fingerprint density at radius 1 is 0.797 bits per heavy atom. The van der Waals surface area contributed by atoms with Crippen LogP contribution in [0, 0.1) is 0 Å². The highest BCUT2D eigenvalue weighted by Gasteiger charge is 2.41. The molecule has 0 atom stereocenters. The van der Waals surface area contributed by atoms with Crippen LogP contribution >= 0.6 is 11.6 Å². The maximum Gasteiger partial charge on any atom is 0.294 e. The minimum Gasteiger partial charge on any atom is -0.385 e. The Morgan fingerprint density at radius 2 is 1.38 bits per heavy atom. The van der Waals surface area contributed by atoms with Crippen LogP contribution in [-0.4, -0.2) is 76.5 Å². The van der Waals surface area contributed by atoms with Crippen molar-refractivity contribution in [2.24, 2.45) is 0 Å². The zero-order valence-corrected chi connectivity index (χ0v) is 39.7. The second-order valence-corrected chi connectivity index (χ2v) is 23.4. The van der Waals surface area contributed by atoms with Crippen LogP contribution < -0.4 is 10.2 Å². The molecule has 19 heteroatoms. The normalized spacial score (nSPS) is 17.6. The third-order valence-corrected chi connectivity index (χ3v) is 15.7. The van der Waals surface area contributed by atoms with E-state index in [1.807, 2.05) is 63.0 Å². The van der Waals surface area contributed by atoms with Crippen molar-refractivity contribution < 1.29 is 51.9 Å². The second kappa shape index (κ2) is 18.1. The monoisotopic (exact) mass is 974 g/mol. The van der Waals surface area contributed by atoms with Crippen molar-refractivity contribution in [3.8, 4) is 0 Å². The van der Waals surface area contributed by atoms with Gasteiger partial charge in [-0.3, -0.25) is 18.2 Å². The van der Waals surface area contributed by atoms with E-state index in [0.717, 1.165) is 45.5 Å². The first kappa shape index (κ1) is 49.1. The van der Waals surface area contributed by atoms with E-state index in [1.54, 1.807) is 30.3 Å². The van der Waals surface area contributed by atoms with Gasteiger partial charge >= 0.3 is 0 Å². The number of fused-ring (bicyclic) bond motifs is 4. The molecule has 5 N–H and O–H groups in total. The number of hydrogen-bond donors (Lipinski definition) is 5. The third kappa shape index (κ3) is 10.8. The molecule has 64 heavy (non-hydrogen) atoms. The van der Waals surface area contributed by atoms with E-state index in [9.17, 15) is 51.9 Å². The predicted molar refractivity (Wildman–Crippen MR) is 253 cm³/mol. The van der Waals surface area contributed by atoms with Crippen molar-refractivity contribution in [1.82, 2.24) is 0 Å². The first-order valence-electron chi connectivity index (χ1n) is 20.3. The van der Waals surface area contributed by atoms with Crippen LogP contribution in [-0.2, 0) is 51.3 Å². The Balaban J connectivity index is 1.35. The van der Waals surface area contributed by atoms with Crippen molar-refractivity contribution >= 4 is 85.0 Å². The molecule has 0 saturated heterocycles. The molecule has 6 rings (SSSR count). The molecule has 1 aliphatic heterocycles.